The van der Waals surface area contributed by atoms with Gasteiger partial charge in [0.1, 0.15) is 17.5 Å². The Balaban J connectivity index is 1.44. The van der Waals surface area contributed by atoms with Crippen molar-refractivity contribution >= 4 is 22.8 Å². The number of fused-ring (bicyclic) bond motifs is 3. The highest BCUT2D eigenvalue weighted by molar-refractivity contribution is 5.97. The minimum atomic E-state index is -0.154. The van der Waals surface area contributed by atoms with E-state index in [0.717, 1.165) is 63.3 Å². The molecular weight excluding hydrogens is 466 g/mol. The number of rotatable bonds is 3. The summed E-state index contributed by atoms with van der Waals surface area (Å²) in [6.45, 7) is 4.15. The molecule has 0 N–H and O–H groups in total. The van der Waals surface area contributed by atoms with E-state index in [9.17, 15) is 9.59 Å². The van der Waals surface area contributed by atoms with Crippen LogP contribution in [0.25, 0.3) is 11.0 Å². The van der Waals surface area contributed by atoms with E-state index in [1.165, 1.54) is 0 Å². The molecule has 1 aliphatic carbocycles. The third-order valence-electron chi connectivity index (χ3n) is 7.80. The molecule has 37 heavy (non-hydrogen) atoms. The van der Waals surface area contributed by atoms with Gasteiger partial charge in [-0.05, 0) is 63.3 Å². The molecule has 3 aromatic rings. The van der Waals surface area contributed by atoms with Crippen LogP contribution >= 0.6 is 0 Å². The van der Waals surface area contributed by atoms with Crippen molar-refractivity contribution in [3.63, 3.8) is 0 Å². The van der Waals surface area contributed by atoms with Crippen LogP contribution in [-0.4, -0.2) is 58.6 Å². The van der Waals surface area contributed by atoms with Crippen molar-refractivity contribution < 1.29 is 18.8 Å². The van der Waals surface area contributed by atoms with Gasteiger partial charge in [-0.25, -0.2) is 0 Å². The smallest absolute Gasteiger partial charge is 0.257 e. The summed E-state index contributed by atoms with van der Waals surface area (Å²) >= 11 is 0. The summed E-state index contributed by atoms with van der Waals surface area (Å²) in [5.74, 6) is 0.705. The molecule has 0 spiro atoms. The second-order valence-corrected chi connectivity index (χ2v) is 10.2. The van der Waals surface area contributed by atoms with Crippen molar-refractivity contribution in [2.24, 2.45) is 0 Å². The number of amides is 2. The van der Waals surface area contributed by atoms with E-state index in [1.807, 2.05) is 65.3 Å². The summed E-state index contributed by atoms with van der Waals surface area (Å²) in [5, 5.41) is 5.11. The Labute approximate surface area is 218 Å². The van der Waals surface area contributed by atoms with Gasteiger partial charge in [0.05, 0.1) is 18.0 Å². The van der Waals surface area contributed by atoms with Crippen molar-refractivity contribution in [2.75, 3.05) is 19.6 Å². The summed E-state index contributed by atoms with van der Waals surface area (Å²) in [7, 11) is 0. The summed E-state index contributed by atoms with van der Waals surface area (Å²) in [5.41, 5.74) is 1.99. The van der Waals surface area contributed by atoms with E-state index >= 15 is 0 Å². The molecule has 2 aliphatic rings. The van der Waals surface area contributed by atoms with E-state index < -0.39 is 0 Å². The Bertz CT molecular complexity index is 1220. The van der Waals surface area contributed by atoms with Crippen LogP contribution in [0.4, 0.5) is 0 Å². The molecule has 1 fully saturated rings. The van der Waals surface area contributed by atoms with Crippen LogP contribution < -0.4 is 4.74 Å². The number of aromatic nitrogens is 1. The highest BCUT2D eigenvalue weighted by atomic mass is 16.5. The van der Waals surface area contributed by atoms with E-state index in [4.69, 9.17) is 9.26 Å². The van der Waals surface area contributed by atoms with Gasteiger partial charge in [0.2, 0.25) is 5.91 Å². The quantitative estimate of drug-likeness (QED) is 0.463. The van der Waals surface area contributed by atoms with Crippen LogP contribution in [0.3, 0.4) is 0 Å². The van der Waals surface area contributed by atoms with E-state index in [2.05, 4.69) is 5.16 Å². The molecule has 0 unspecified atom stereocenters. The first kappa shape index (κ1) is 25.3. The molecular formula is C30H37N3O4. The number of hydrogen-bond donors (Lipinski definition) is 0. The third kappa shape index (κ3) is 5.65. The fourth-order valence-corrected chi connectivity index (χ4v) is 5.78. The molecule has 196 valence electrons. The Morgan fingerprint density at radius 3 is 2.57 bits per heavy atom. The molecule has 2 aromatic carbocycles. The average Bonchev–Trinajstić information content (AvgIpc) is 3.33. The zero-order valence-electron chi connectivity index (χ0n) is 21.7. The second-order valence-electron chi connectivity index (χ2n) is 10.2. The zero-order valence-corrected chi connectivity index (χ0v) is 21.7. The number of hydrogen-bond acceptors (Lipinski definition) is 5. The van der Waals surface area contributed by atoms with Crippen LogP contribution in [0.1, 0.15) is 74.3 Å². The fraction of sp³-hybridized carbons (Fsp3) is 0.500. The van der Waals surface area contributed by atoms with E-state index in [1.54, 1.807) is 0 Å². The second kappa shape index (κ2) is 11.8. The molecule has 2 heterocycles. The number of carbonyl (C=O) groups excluding carboxylic acids is 2. The molecule has 7 heteroatoms. The van der Waals surface area contributed by atoms with Gasteiger partial charge in [-0.1, -0.05) is 48.7 Å². The lowest BCUT2D eigenvalue weighted by Crippen LogP contribution is -2.51. The van der Waals surface area contributed by atoms with Gasteiger partial charge in [-0.2, -0.15) is 0 Å². The lowest BCUT2D eigenvalue weighted by Gasteiger charge is -2.40. The van der Waals surface area contributed by atoms with Gasteiger partial charge < -0.3 is 19.1 Å². The predicted molar refractivity (Wildman–Crippen MR) is 143 cm³/mol. The highest BCUT2D eigenvalue weighted by Crippen LogP contribution is 2.31. The molecule has 0 saturated heterocycles. The topological polar surface area (TPSA) is 75.9 Å². The predicted octanol–water partition coefficient (Wildman–Crippen LogP) is 5.63. The van der Waals surface area contributed by atoms with E-state index in [0.29, 0.717) is 35.7 Å². The first-order valence-electron chi connectivity index (χ1n) is 13.8. The molecule has 1 aromatic heterocycles. The Kier molecular flexibility index (Phi) is 8.07. The van der Waals surface area contributed by atoms with Gasteiger partial charge in [-0.15, -0.1) is 0 Å². The van der Waals surface area contributed by atoms with Gasteiger partial charge in [0.15, 0.2) is 5.58 Å². The molecule has 2 atom stereocenters. The maximum absolute atomic E-state index is 13.8. The van der Waals surface area contributed by atoms with Crippen LogP contribution in [-0.2, 0) is 11.2 Å². The first-order chi connectivity index (χ1) is 18.2. The molecule has 7 nitrogen and oxygen atoms in total. The first-order valence-corrected chi connectivity index (χ1v) is 13.8. The lowest BCUT2D eigenvalue weighted by atomic mass is 9.90. The SMILES string of the molecule is CCN1CCCCCCN(C(=O)Cc2noc3ccccc23)[C@@H]2CCCC[C@@H]2Oc2ccccc2C1=O. The van der Waals surface area contributed by atoms with Crippen LogP contribution in [0.15, 0.2) is 53.1 Å². The summed E-state index contributed by atoms with van der Waals surface area (Å²) in [6, 6.07) is 15.2. The fourth-order valence-electron chi connectivity index (χ4n) is 5.78. The van der Waals surface area contributed by atoms with Crippen molar-refractivity contribution in [1.29, 1.82) is 0 Å². The summed E-state index contributed by atoms with van der Waals surface area (Å²) in [6.07, 6.45) is 7.87. The standard InChI is InChI=1S/C30H37N3O4/c1-2-32-19-11-3-4-12-20-33(29(34)21-24-22-13-5-9-17-27(22)37-31-24)25-15-7-10-18-28(25)36-26-16-8-6-14-23(26)30(32)35/h5-6,8-9,13-14,16-17,25,28H,2-4,7,10-12,15,18-21H2,1H3/t25-,28+/m1/s1. The molecule has 1 saturated carbocycles. The van der Waals surface area contributed by atoms with Gasteiger partial charge in [-0.3, -0.25) is 9.59 Å². The number of nitrogens with zero attached hydrogens (tertiary/aromatic N) is 3. The summed E-state index contributed by atoms with van der Waals surface area (Å²) < 4.78 is 12.1. The number of para-hydroxylation sites is 2. The largest absolute Gasteiger partial charge is 0.487 e. The Morgan fingerprint density at radius 2 is 1.70 bits per heavy atom. The van der Waals surface area contributed by atoms with Crippen molar-refractivity contribution in [3.8, 4) is 5.75 Å². The number of ether oxygens (including phenoxy) is 1. The van der Waals surface area contributed by atoms with Gasteiger partial charge >= 0.3 is 0 Å². The maximum Gasteiger partial charge on any atom is 0.257 e. The van der Waals surface area contributed by atoms with Gasteiger partial charge in [0, 0.05) is 25.0 Å². The average molecular weight is 504 g/mol. The molecule has 0 radical (unpaired) electrons. The molecule has 5 rings (SSSR count). The molecule has 2 amide bonds. The minimum absolute atomic E-state index is 0.0216. The zero-order chi connectivity index (χ0) is 25.6. The normalized spacial score (nSPS) is 21.6. The van der Waals surface area contributed by atoms with Crippen LogP contribution in [0, 0.1) is 0 Å². The van der Waals surface area contributed by atoms with Crippen molar-refractivity contribution in [1.82, 2.24) is 15.0 Å². The van der Waals surface area contributed by atoms with E-state index in [-0.39, 0.29) is 30.4 Å². The van der Waals surface area contributed by atoms with Crippen LogP contribution in [0.2, 0.25) is 0 Å². The van der Waals surface area contributed by atoms with Crippen LogP contribution in [0.5, 0.6) is 5.75 Å². The maximum atomic E-state index is 13.8. The Hall–Kier alpha value is -3.35. The van der Waals surface area contributed by atoms with Crippen molar-refractivity contribution in [3.05, 3.63) is 59.8 Å². The molecule has 1 aliphatic heterocycles. The summed E-state index contributed by atoms with van der Waals surface area (Å²) in [4.78, 5) is 31.2. The monoisotopic (exact) mass is 503 g/mol. The van der Waals surface area contributed by atoms with Crippen molar-refractivity contribution in [2.45, 2.75) is 76.9 Å². The van der Waals surface area contributed by atoms with Gasteiger partial charge in [0.25, 0.3) is 5.91 Å². The highest BCUT2D eigenvalue weighted by Gasteiger charge is 2.35. The minimum Gasteiger partial charge on any atom is -0.487 e. The molecule has 0 bridgehead atoms. The number of carbonyl (C=O) groups is 2. The third-order valence-corrected chi connectivity index (χ3v) is 7.80. The lowest BCUT2D eigenvalue weighted by molar-refractivity contribution is -0.136. The number of benzene rings is 2. The Morgan fingerprint density at radius 1 is 0.946 bits per heavy atom.